The average molecular weight is 194 g/mol. The molecule has 0 unspecified atom stereocenters. The van der Waals surface area contributed by atoms with E-state index >= 15 is 0 Å². The van der Waals surface area contributed by atoms with Crippen molar-refractivity contribution in [2.45, 2.75) is 18.9 Å². The molecule has 1 aliphatic rings. The largest absolute Gasteiger partial charge is 0.360 e. The van der Waals surface area contributed by atoms with E-state index < -0.39 is 0 Å². The average Bonchev–Trinajstić information content (AvgIpc) is 2.90. The number of hydrogen-bond donors (Lipinski definition) is 2. The van der Waals surface area contributed by atoms with Gasteiger partial charge in [0.2, 0.25) is 5.95 Å². The highest BCUT2D eigenvalue weighted by Gasteiger charge is 2.21. The molecule has 0 spiro atoms. The van der Waals surface area contributed by atoms with Gasteiger partial charge in [-0.2, -0.15) is 0 Å². The maximum absolute atomic E-state index is 5.05. The van der Waals surface area contributed by atoms with Crippen molar-refractivity contribution in [3.05, 3.63) is 18.5 Å². The van der Waals surface area contributed by atoms with Crippen LogP contribution < -0.4 is 10.6 Å². The molecule has 1 aromatic rings. The molecule has 2 rings (SSSR count). The molecular formula is C8H10N4S. The molecule has 0 bridgehead atoms. The number of nitrogens with zero attached hydrogens (tertiary/aromatic N) is 2. The first-order valence-electron chi connectivity index (χ1n) is 4.19. The predicted molar refractivity (Wildman–Crippen MR) is 54.4 cm³/mol. The summed E-state index contributed by atoms with van der Waals surface area (Å²) in [5, 5.41) is 6.66. The summed E-state index contributed by atoms with van der Waals surface area (Å²) in [4.78, 5) is 7.99. The zero-order chi connectivity index (χ0) is 9.10. The first-order chi connectivity index (χ1) is 6.34. The summed E-state index contributed by atoms with van der Waals surface area (Å²) in [6.45, 7) is 0. The Morgan fingerprint density at radius 2 is 2.08 bits per heavy atom. The molecule has 2 N–H and O–H groups in total. The van der Waals surface area contributed by atoms with Crippen LogP contribution in [0.15, 0.2) is 18.5 Å². The van der Waals surface area contributed by atoms with Gasteiger partial charge < -0.3 is 10.6 Å². The van der Waals surface area contributed by atoms with E-state index in [2.05, 4.69) is 20.6 Å². The molecule has 13 heavy (non-hydrogen) atoms. The van der Waals surface area contributed by atoms with Crippen LogP contribution >= 0.6 is 12.2 Å². The molecule has 1 fully saturated rings. The molecule has 0 atom stereocenters. The van der Waals surface area contributed by atoms with Gasteiger partial charge in [0.15, 0.2) is 5.11 Å². The van der Waals surface area contributed by atoms with E-state index in [-0.39, 0.29) is 0 Å². The van der Waals surface area contributed by atoms with Crippen LogP contribution in [0.4, 0.5) is 5.95 Å². The van der Waals surface area contributed by atoms with Crippen LogP contribution in [-0.4, -0.2) is 21.1 Å². The van der Waals surface area contributed by atoms with Gasteiger partial charge in [0, 0.05) is 18.4 Å². The lowest BCUT2D eigenvalue weighted by molar-refractivity contribution is 0.916. The van der Waals surface area contributed by atoms with Gasteiger partial charge in [0.25, 0.3) is 0 Å². The third-order valence-electron chi connectivity index (χ3n) is 1.70. The number of nitrogens with one attached hydrogen (secondary N) is 2. The number of anilines is 1. The molecule has 0 amide bonds. The summed E-state index contributed by atoms with van der Waals surface area (Å²) in [6, 6.07) is 2.33. The number of rotatable bonds is 2. The van der Waals surface area contributed by atoms with Gasteiger partial charge in [-0.05, 0) is 31.1 Å². The van der Waals surface area contributed by atoms with Crippen molar-refractivity contribution >= 4 is 23.3 Å². The molecule has 1 heterocycles. The standard InChI is InChI=1S/C8H10N4S/c13-8(11-6-2-3-6)12-7-9-4-1-5-10-7/h1,4-6H,2-3H2,(H2,9,10,11,12,13). The third-order valence-corrected chi connectivity index (χ3v) is 1.92. The Bertz CT molecular complexity index is 296. The molecular weight excluding hydrogens is 184 g/mol. The van der Waals surface area contributed by atoms with Crippen LogP contribution in [-0.2, 0) is 0 Å². The lowest BCUT2D eigenvalue weighted by Crippen LogP contribution is -2.30. The molecule has 68 valence electrons. The van der Waals surface area contributed by atoms with Gasteiger partial charge in [-0.25, -0.2) is 9.97 Å². The monoisotopic (exact) mass is 194 g/mol. The molecule has 0 aromatic carbocycles. The molecule has 0 aliphatic heterocycles. The molecule has 4 nitrogen and oxygen atoms in total. The van der Waals surface area contributed by atoms with Gasteiger partial charge in [-0.3, -0.25) is 0 Å². The van der Waals surface area contributed by atoms with E-state index in [4.69, 9.17) is 12.2 Å². The molecule has 1 saturated carbocycles. The van der Waals surface area contributed by atoms with Crippen LogP contribution in [0, 0.1) is 0 Å². The molecule has 0 radical (unpaired) electrons. The summed E-state index contributed by atoms with van der Waals surface area (Å²) >= 11 is 5.05. The van der Waals surface area contributed by atoms with E-state index in [1.54, 1.807) is 18.5 Å². The smallest absolute Gasteiger partial charge is 0.228 e. The molecule has 5 heteroatoms. The van der Waals surface area contributed by atoms with Crippen LogP contribution in [0.5, 0.6) is 0 Å². The topological polar surface area (TPSA) is 49.8 Å². The van der Waals surface area contributed by atoms with Gasteiger partial charge in [0.1, 0.15) is 0 Å². The summed E-state index contributed by atoms with van der Waals surface area (Å²) in [5.41, 5.74) is 0. The van der Waals surface area contributed by atoms with Crippen LogP contribution in [0.1, 0.15) is 12.8 Å². The maximum atomic E-state index is 5.05. The number of hydrogen-bond acceptors (Lipinski definition) is 3. The van der Waals surface area contributed by atoms with Crippen molar-refractivity contribution in [3.63, 3.8) is 0 Å². The zero-order valence-electron chi connectivity index (χ0n) is 7.03. The highest BCUT2D eigenvalue weighted by molar-refractivity contribution is 7.80. The Kier molecular flexibility index (Phi) is 2.35. The van der Waals surface area contributed by atoms with Crippen molar-refractivity contribution in [1.82, 2.24) is 15.3 Å². The van der Waals surface area contributed by atoms with Crippen molar-refractivity contribution in [2.75, 3.05) is 5.32 Å². The Labute approximate surface area is 81.8 Å². The summed E-state index contributed by atoms with van der Waals surface area (Å²) in [5.74, 6) is 0.542. The minimum atomic E-state index is 0.542. The van der Waals surface area contributed by atoms with Crippen LogP contribution in [0.2, 0.25) is 0 Å². The quantitative estimate of drug-likeness (QED) is 0.686. The Morgan fingerprint density at radius 3 is 2.69 bits per heavy atom. The molecule has 1 aromatic heterocycles. The van der Waals surface area contributed by atoms with Gasteiger partial charge in [-0.1, -0.05) is 0 Å². The highest BCUT2D eigenvalue weighted by atomic mass is 32.1. The van der Waals surface area contributed by atoms with Gasteiger partial charge >= 0.3 is 0 Å². The predicted octanol–water partition coefficient (Wildman–Crippen LogP) is 0.925. The first-order valence-corrected chi connectivity index (χ1v) is 4.60. The second-order valence-electron chi connectivity index (χ2n) is 2.95. The lowest BCUT2D eigenvalue weighted by atomic mass is 10.6. The fourth-order valence-electron chi connectivity index (χ4n) is 0.914. The van der Waals surface area contributed by atoms with E-state index in [1.165, 1.54) is 12.8 Å². The first kappa shape index (κ1) is 8.37. The second-order valence-corrected chi connectivity index (χ2v) is 3.35. The van der Waals surface area contributed by atoms with E-state index in [1.807, 2.05) is 0 Å². The number of aromatic nitrogens is 2. The van der Waals surface area contributed by atoms with Crippen molar-refractivity contribution < 1.29 is 0 Å². The lowest BCUT2D eigenvalue weighted by Gasteiger charge is -2.06. The SMILES string of the molecule is S=C(Nc1ncccn1)NC1CC1. The Balaban J connectivity index is 1.86. The van der Waals surface area contributed by atoms with Crippen molar-refractivity contribution in [1.29, 1.82) is 0 Å². The minimum absolute atomic E-state index is 0.542. The van der Waals surface area contributed by atoms with Crippen molar-refractivity contribution in [2.24, 2.45) is 0 Å². The zero-order valence-corrected chi connectivity index (χ0v) is 7.84. The Morgan fingerprint density at radius 1 is 1.38 bits per heavy atom. The second kappa shape index (κ2) is 3.66. The Hall–Kier alpha value is -1.23. The van der Waals surface area contributed by atoms with E-state index in [0.29, 0.717) is 17.1 Å². The molecule has 0 saturated heterocycles. The fraction of sp³-hybridized carbons (Fsp3) is 0.375. The summed E-state index contributed by atoms with van der Waals surface area (Å²) < 4.78 is 0. The maximum Gasteiger partial charge on any atom is 0.228 e. The van der Waals surface area contributed by atoms with E-state index in [9.17, 15) is 0 Å². The van der Waals surface area contributed by atoms with Gasteiger partial charge in [0.05, 0.1) is 0 Å². The highest BCUT2D eigenvalue weighted by Crippen LogP contribution is 2.18. The van der Waals surface area contributed by atoms with Crippen LogP contribution in [0.25, 0.3) is 0 Å². The summed E-state index contributed by atoms with van der Waals surface area (Å²) in [6.07, 6.45) is 5.76. The van der Waals surface area contributed by atoms with E-state index in [0.717, 1.165) is 0 Å². The minimum Gasteiger partial charge on any atom is -0.360 e. The molecule has 1 aliphatic carbocycles. The van der Waals surface area contributed by atoms with Crippen LogP contribution in [0.3, 0.4) is 0 Å². The number of thiocarbonyl (C=S) groups is 1. The normalized spacial score (nSPS) is 15.1. The fourth-order valence-corrected chi connectivity index (χ4v) is 1.17. The van der Waals surface area contributed by atoms with Gasteiger partial charge in [-0.15, -0.1) is 0 Å². The summed E-state index contributed by atoms with van der Waals surface area (Å²) in [7, 11) is 0. The third kappa shape index (κ3) is 2.62. The van der Waals surface area contributed by atoms with Crippen molar-refractivity contribution in [3.8, 4) is 0 Å².